The first-order valence-electron chi connectivity index (χ1n) is 16.1. The van der Waals surface area contributed by atoms with Crippen LogP contribution in [0.4, 0.5) is 0 Å². The molecular weight excluding hydrogens is 576 g/mol. The van der Waals surface area contributed by atoms with Gasteiger partial charge in [0.15, 0.2) is 0 Å². The highest BCUT2D eigenvalue weighted by molar-refractivity contribution is 6.08. The molecule has 248 valence electrons. The van der Waals surface area contributed by atoms with Gasteiger partial charge < -0.3 is 25.1 Å². The molecule has 0 fully saturated rings. The van der Waals surface area contributed by atoms with Gasteiger partial charge in [-0.15, -0.1) is 0 Å². The fraction of sp³-hybridized carbons (Fsp3) is 0.436. The van der Waals surface area contributed by atoms with E-state index in [1.54, 1.807) is 9.80 Å². The van der Waals surface area contributed by atoms with Crippen LogP contribution in [-0.2, 0) is 17.6 Å². The van der Waals surface area contributed by atoms with E-state index in [0.717, 1.165) is 33.0 Å². The molecule has 0 radical (unpaired) electrons. The topological polar surface area (TPSA) is 101 Å². The number of carbonyl (C=O) groups excluding carboxylic acids is 2. The molecule has 7 heteroatoms. The quantitative estimate of drug-likeness (QED) is 0.185. The Kier molecular flexibility index (Phi) is 12.9. The number of allylic oxidation sites excluding steroid dienone is 2. The van der Waals surface area contributed by atoms with Crippen molar-refractivity contribution in [1.29, 1.82) is 0 Å². The molecule has 2 amide bonds. The number of β-amino-alcohol motifs (C(OH)–C–C–N with tert-alkyl or cyclic N) is 2. The van der Waals surface area contributed by atoms with Crippen LogP contribution in [0.3, 0.4) is 0 Å². The molecule has 3 aromatic rings. The summed E-state index contributed by atoms with van der Waals surface area (Å²) in [7, 11) is 0. The highest BCUT2D eigenvalue weighted by atomic mass is 16.3. The van der Waals surface area contributed by atoms with Crippen LogP contribution in [-0.4, -0.2) is 80.4 Å². The van der Waals surface area contributed by atoms with E-state index in [2.05, 4.69) is 6.58 Å². The van der Waals surface area contributed by atoms with E-state index in [-0.39, 0.29) is 44.5 Å². The van der Waals surface area contributed by atoms with E-state index in [4.69, 9.17) is 0 Å². The number of fused-ring (bicyclic) bond motifs is 1. The predicted octanol–water partition coefficient (Wildman–Crippen LogP) is 6.19. The molecular formula is C39H52N2O5. The van der Waals surface area contributed by atoms with Gasteiger partial charge in [0.1, 0.15) is 0 Å². The first-order valence-corrected chi connectivity index (χ1v) is 16.1. The molecule has 7 nitrogen and oxygen atoms in total. The largest absolute Gasteiger partial charge is 0.395 e. The molecule has 0 bridgehead atoms. The molecule has 0 heterocycles. The molecule has 0 aliphatic heterocycles. The number of benzene rings is 3. The number of rotatable bonds is 14. The number of aliphatic hydroxyl groups is 3. The number of nitrogens with zero attached hydrogens (tertiary/aromatic N) is 2. The maximum absolute atomic E-state index is 14.0. The molecule has 3 rings (SSSR count). The van der Waals surface area contributed by atoms with Gasteiger partial charge in [-0.1, -0.05) is 85.0 Å². The highest BCUT2D eigenvalue weighted by Gasteiger charge is 2.30. The maximum atomic E-state index is 14.0. The minimum Gasteiger partial charge on any atom is -0.395 e. The normalized spacial score (nSPS) is 12.8. The van der Waals surface area contributed by atoms with Crippen LogP contribution in [0.2, 0.25) is 0 Å². The van der Waals surface area contributed by atoms with Crippen LogP contribution >= 0.6 is 0 Å². The van der Waals surface area contributed by atoms with Crippen molar-refractivity contribution in [2.24, 2.45) is 0 Å². The lowest BCUT2D eigenvalue weighted by molar-refractivity contribution is -0.135. The van der Waals surface area contributed by atoms with E-state index >= 15 is 0 Å². The van der Waals surface area contributed by atoms with Crippen molar-refractivity contribution >= 4 is 28.7 Å². The molecule has 1 unspecified atom stereocenters. The van der Waals surface area contributed by atoms with Crippen molar-refractivity contribution in [3.8, 4) is 0 Å². The zero-order valence-corrected chi connectivity index (χ0v) is 28.4. The number of carbonyl (C=O) groups is 2. The summed E-state index contributed by atoms with van der Waals surface area (Å²) < 4.78 is 0. The van der Waals surface area contributed by atoms with E-state index in [1.807, 2.05) is 114 Å². The van der Waals surface area contributed by atoms with E-state index in [0.29, 0.717) is 24.8 Å². The highest BCUT2D eigenvalue weighted by Crippen LogP contribution is 2.28. The third-order valence-electron chi connectivity index (χ3n) is 8.19. The molecule has 3 aromatic carbocycles. The summed E-state index contributed by atoms with van der Waals surface area (Å²) in [6, 6.07) is 19.4. The second-order valence-electron chi connectivity index (χ2n) is 13.9. The first-order chi connectivity index (χ1) is 21.7. The summed E-state index contributed by atoms with van der Waals surface area (Å²) >= 11 is 0. The molecule has 1 atom stereocenters. The van der Waals surface area contributed by atoms with E-state index < -0.39 is 17.2 Å². The molecule has 0 aliphatic rings. The SMILES string of the molecule is C=C(/C=C\c1ccccc1CC(=O)N(CCO)C(C)(C)C)CCC(O)Cc1ccc2ccccc2c1C(=O)N(CCO)C(C)(C)C. The Morgan fingerprint density at radius 1 is 0.826 bits per heavy atom. The number of hydrogen-bond donors (Lipinski definition) is 3. The summed E-state index contributed by atoms with van der Waals surface area (Å²) in [5.41, 5.74) is 3.10. The van der Waals surface area contributed by atoms with E-state index in [9.17, 15) is 24.9 Å². The Morgan fingerprint density at radius 3 is 2.09 bits per heavy atom. The summed E-state index contributed by atoms with van der Waals surface area (Å²) in [5.74, 6) is -0.204. The smallest absolute Gasteiger partial charge is 0.255 e. The standard InChI is InChI=1S/C39H52N2O5/c1-28(16-18-29-12-8-9-14-31(29)27-35(45)40(22-24-42)38(2,3)4)17-21-33(44)26-32-20-19-30-13-10-11-15-34(30)36(32)37(46)41(23-25-43)39(5,6)7/h8-16,18-20,33,42-44H,1,17,21-27H2,2-7H3/b18-16-. The summed E-state index contributed by atoms with van der Waals surface area (Å²) in [6.45, 7) is 16.2. The summed E-state index contributed by atoms with van der Waals surface area (Å²) in [5, 5.41) is 32.1. The Balaban J connectivity index is 1.73. The average molecular weight is 629 g/mol. The van der Waals surface area contributed by atoms with Crippen molar-refractivity contribution in [3.63, 3.8) is 0 Å². The zero-order valence-electron chi connectivity index (χ0n) is 28.4. The summed E-state index contributed by atoms with van der Waals surface area (Å²) in [6.07, 6.45) is 4.73. The zero-order chi connectivity index (χ0) is 34.1. The lowest BCUT2D eigenvalue weighted by atomic mass is 9.91. The molecule has 46 heavy (non-hydrogen) atoms. The van der Waals surface area contributed by atoms with Crippen LogP contribution in [0.25, 0.3) is 16.8 Å². The fourth-order valence-corrected chi connectivity index (χ4v) is 5.77. The molecule has 0 aromatic heterocycles. The third-order valence-corrected chi connectivity index (χ3v) is 8.19. The van der Waals surface area contributed by atoms with Crippen LogP contribution in [0.5, 0.6) is 0 Å². The average Bonchev–Trinajstić information content (AvgIpc) is 2.99. The van der Waals surface area contributed by atoms with Gasteiger partial charge in [-0.2, -0.15) is 0 Å². The summed E-state index contributed by atoms with van der Waals surface area (Å²) in [4.78, 5) is 30.5. The number of amides is 2. The van der Waals surface area contributed by atoms with Gasteiger partial charge >= 0.3 is 0 Å². The maximum Gasteiger partial charge on any atom is 0.255 e. The monoisotopic (exact) mass is 628 g/mol. The van der Waals surface area contributed by atoms with Crippen molar-refractivity contribution in [2.45, 2.75) is 84.4 Å². The Hall–Kier alpha value is -3.78. The van der Waals surface area contributed by atoms with Gasteiger partial charge in [0.2, 0.25) is 5.91 Å². The van der Waals surface area contributed by atoms with Gasteiger partial charge in [-0.25, -0.2) is 0 Å². The second kappa shape index (κ2) is 16.2. The number of aliphatic hydroxyl groups excluding tert-OH is 3. The van der Waals surface area contributed by atoms with Gasteiger partial charge in [-0.05, 0) is 88.3 Å². The minimum atomic E-state index is -0.696. The van der Waals surface area contributed by atoms with Crippen LogP contribution in [0.1, 0.15) is 81.4 Å². The number of hydrogen-bond acceptors (Lipinski definition) is 5. The van der Waals surface area contributed by atoms with Gasteiger partial charge in [0.05, 0.1) is 31.3 Å². The molecule has 0 saturated carbocycles. The van der Waals surface area contributed by atoms with Crippen LogP contribution in [0, 0.1) is 0 Å². The Labute approximate surface area is 274 Å². The lowest BCUT2D eigenvalue weighted by Gasteiger charge is -2.36. The van der Waals surface area contributed by atoms with Crippen molar-refractivity contribution < 1.29 is 24.9 Å². The Morgan fingerprint density at radius 2 is 1.43 bits per heavy atom. The van der Waals surface area contributed by atoms with Crippen molar-refractivity contribution in [2.75, 3.05) is 26.3 Å². The first kappa shape index (κ1) is 36.7. The van der Waals surface area contributed by atoms with Gasteiger partial charge in [0.25, 0.3) is 5.91 Å². The Bertz CT molecular complexity index is 1530. The molecule has 3 N–H and O–H groups in total. The van der Waals surface area contributed by atoms with Crippen molar-refractivity contribution in [3.05, 3.63) is 101 Å². The van der Waals surface area contributed by atoms with E-state index in [1.165, 1.54) is 0 Å². The van der Waals surface area contributed by atoms with Gasteiger partial charge in [-0.3, -0.25) is 9.59 Å². The second-order valence-corrected chi connectivity index (χ2v) is 13.9. The third kappa shape index (κ3) is 9.86. The molecule has 0 spiro atoms. The lowest BCUT2D eigenvalue weighted by Crippen LogP contribution is -2.47. The predicted molar refractivity (Wildman–Crippen MR) is 188 cm³/mol. The van der Waals surface area contributed by atoms with Crippen molar-refractivity contribution in [1.82, 2.24) is 9.80 Å². The van der Waals surface area contributed by atoms with Crippen LogP contribution < -0.4 is 0 Å². The van der Waals surface area contributed by atoms with Gasteiger partial charge in [0, 0.05) is 24.2 Å². The minimum absolute atomic E-state index is 0.0436. The van der Waals surface area contributed by atoms with Crippen LogP contribution in [0.15, 0.2) is 78.9 Å². The molecule has 0 aliphatic carbocycles. The fourth-order valence-electron chi connectivity index (χ4n) is 5.77. The molecule has 0 saturated heterocycles.